The van der Waals surface area contributed by atoms with E-state index < -0.39 is 0 Å². The number of nitrogens with one attached hydrogen (secondary N) is 2. The predicted octanol–water partition coefficient (Wildman–Crippen LogP) is 1.96. The molecule has 2 N–H and O–H groups in total. The molecular formula is C13H27N3O. The summed E-state index contributed by atoms with van der Waals surface area (Å²) < 4.78 is 0. The first-order valence-electron chi connectivity index (χ1n) is 7.08. The van der Waals surface area contributed by atoms with Gasteiger partial charge in [0.15, 0.2) is 0 Å². The minimum absolute atomic E-state index is 0.111. The second-order valence-electron chi connectivity index (χ2n) is 4.74. The van der Waals surface area contributed by atoms with Crippen molar-refractivity contribution in [3.05, 3.63) is 0 Å². The van der Waals surface area contributed by atoms with Crippen LogP contribution in [0.2, 0.25) is 0 Å². The minimum atomic E-state index is 0.111. The van der Waals surface area contributed by atoms with Gasteiger partial charge in [-0.3, -0.25) is 0 Å². The Morgan fingerprint density at radius 3 is 2.47 bits per heavy atom. The lowest BCUT2D eigenvalue weighted by Crippen LogP contribution is -2.50. The standard InChI is InChI=1S/C13H27N3O/c1-2-3-4-5-6-7-8-15-13(17)16-11-9-14-10-12-16/h14H,2-12H2,1H3,(H,15,17). The van der Waals surface area contributed by atoms with Crippen LogP contribution in [0.3, 0.4) is 0 Å². The molecule has 4 heteroatoms. The lowest BCUT2D eigenvalue weighted by Gasteiger charge is -2.27. The molecule has 0 atom stereocenters. The van der Waals surface area contributed by atoms with Gasteiger partial charge < -0.3 is 15.5 Å². The molecule has 0 aliphatic carbocycles. The Balaban J connectivity index is 1.92. The van der Waals surface area contributed by atoms with Gasteiger partial charge in [-0.05, 0) is 6.42 Å². The third-order valence-electron chi connectivity index (χ3n) is 3.21. The molecule has 0 radical (unpaired) electrons. The van der Waals surface area contributed by atoms with Gasteiger partial charge in [-0.1, -0.05) is 39.0 Å². The van der Waals surface area contributed by atoms with Crippen LogP contribution in [0.15, 0.2) is 0 Å². The van der Waals surface area contributed by atoms with Crippen LogP contribution < -0.4 is 10.6 Å². The Kier molecular flexibility index (Phi) is 7.80. The second-order valence-corrected chi connectivity index (χ2v) is 4.74. The van der Waals surface area contributed by atoms with Gasteiger partial charge in [-0.2, -0.15) is 0 Å². The molecule has 0 unspecified atom stereocenters. The van der Waals surface area contributed by atoms with Crippen molar-refractivity contribution in [1.82, 2.24) is 15.5 Å². The van der Waals surface area contributed by atoms with Gasteiger partial charge in [-0.25, -0.2) is 4.79 Å². The Labute approximate surface area is 105 Å². The summed E-state index contributed by atoms with van der Waals surface area (Å²) in [5.41, 5.74) is 0. The molecule has 100 valence electrons. The average Bonchev–Trinajstić information content (AvgIpc) is 2.38. The molecule has 2 amide bonds. The van der Waals surface area contributed by atoms with Gasteiger partial charge in [0.05, 0.1) is 0 Å². The van der Waals surface area contributed by atoms with E-state index in [1.807, 2.05) is 4.90 Å². The van der Waals surface area contributed by atoms with E-state index in [-0.39, 0.29) is 6.03 Å². The number of carbonyl (C=O) groups is 1. The molecule has 0 aromatic carbocycles. The fourth-order valence-electron chi connectivity index (χ4n) is 2.08. The Morgan fingerprint density at radius 2 is 1.76 bits per heavy atom. The molecule has 1 saturated heterocycles. The molecule has 4 nitrogen and oxygen atoms in total. The highest BCUT2D eigenvalue weighted by Gasteiger charge is 2.14. The zero-order chi connectivity index (χ0) is 12.3. The van der Waals surface area contributed by atoms with Gasteiger partial charge in [0, 0.05) is 32.7 Å². The van der Waals surface area contributed by atoms with E-state index in [9.17, 15) is 4.79 Å². The largest absolute Gasteiger partial charge is 0.338 e. The summed E-state index contributed by atoms with van der Waals surface area (Å²) in [4.78, 5) is 13.6. The maximum absolute atomic E-state index is 11.7. The molecule has 1 aliphatic rings. The van der Waals surface area contributed by atoms with Crippen LogP contribution in [-0.4, -0.2) is 43.7 Å². The van der Waals surface area contributed by atoms with Crippen molar-refractivity contribution in [2.24, 2.45) is 0 Å². The number of amides is 2. The van der Waals surface area contributed by atoms with Gasteiger partial charge in [0.25, 0.3) is 0 Å². The third-order valence-corrected chi connectivity index (χ3v) is 3.21. The normalized spacial score (nSPS) is 15.9. The highest BCUT2D eigenvalue weighted by Crippen LogP contribution is 2.04. The zero-order valence-corrected chi connectivity index (χ0v) is 11.1. The van der Waals surface area contributed by atoms with Crippen LogP contribution in [0.1, 0.15) is 45.4 Å². The fraction of sp³-hybridized carbons (Fsp3) is 0.923. The van der Waals surface area contributed by atoms with Crippen molar-refractivity contribution >= 4 is 6.03 Å². The molecule has 1 rings (SSSR count). The smallest absolute Gasteiger partial charge is 0.317 e. The molecular weight excluding hydrogens is 214 g/mol. The summed E-state index contributed by atoms with van der Waals surface area (Å²) in [6.45, 7) is 6.57. The molecule has 1 heterocycles. The summed E-state index contributed by atoms with van der Waals surface area (Å²) >= 11 is 0. The molecule has 0 saturated carbocycles. The van der Waals surface area contributed by atoms with E-state index in [4.69, 9.17) is 0 Å². The van der Waals surface area contributed by atoms with E-state index in [2.05, 4.69) is 17.6 Å². The number of nitrogens with zero attached hydrogens (tertiary/aromatic N) is 1. The van der Waals surface area contributed by atoms with Crippen LogP contribution in [-0.2, 0) is 0 Å². The minimum Gasteiger partial charge on any atom is -0.338 e. The van der Waals surface area contributed by atoms with Crippen molar-refractivity contribution in [2.75, 3.05) is 32.7 Å². The van der Waals surface area contributed by atoms with E-state index in [1.54, 1.807) is 0 Å². The summed E-state index contributed by atoms with van der Waals surface area (Å²) in [7, 11) is 0. The van der Waals surface area contributed by atoms with E-state index >= 15 is 0 Å². The summed E-state index contributed by atoms with van der Waals surface area (Å²) in [6, 6.07) is 0.111. The topological polar surface area (TPSA) is 44.4 Å². The van der Waals surface area contributed by atoms with Crippen molar-refractivity contribution in [3.8, 4) is 0 Å². The number of hydrogen-bond acceptors (Lipinski definition) is 2. The second kappa shape index (κ2) is 9.28. The Morgan fingerprint density at radius 1 is 1.12 bits per heavy atom. The van der Waals surface area contributed by atoms with Gasteiger partial charge >= 0.3 is 6.03 Å². The number of rotatable bonds is 7. The molecule has 0 aromatic rings. The van der Waals surface area contributed by atoms with Crippen molar-refractivity contribution < 1.29 is 4.79 Å². The SMILES string of the molecule is CCCCCCCCNC(=O)N1CCNCC1. The van der Waals surface area contributed by atoms with Crippen LogP contribution >= 0.6 is 0 Å². The lowest BCUT2D eigenvalue weighted by molar-refractivity contribution is 0.190. The number of urea groups is 1. The summed E-state index contributed by atoms with van der Waals surface area (Å²) in [6.07, 6.45) is 7.62. The van der Waals surface area contributed by atoms with E-state index in [0.717, 1.165) is 39.1 Å². The quantitative estimate of drug-likeness (QED) is 0.669. The van der Waals surface area contributed by atoms with E-state index in [1.165, 1.54) is 32.1 Å². The molecule has 0 aromatic heterocycles. The van der Waals surface area contributed by atoms with Crippen molar-refractivity contribution in [1.29, 1.82) is 0 Å². The first-order chi connectivity index (χ1) is 8.34. The Bertz CT molecular complexity index is 203. The first-order valence-corrected chi connectivity index (χ1v) is 7.08. The predicted molar refractivity (Wildman–Crippen MR) is 71.2 cm³/mol. The van der Waals surface area contributed by atoms with E-state index in [0.29, 0.717) is 0 Å². The van der Waals surface area contributed by atoms with Crippen molar-refractivity contribution in [2.45, 2.75) is 45.4 Å². The Hall–Kier alpha value is -0.770. The van der Waals surface area contributed by atoms with Crippen LogP contribution in [0.4, 0.5) is 4.79 Å². The molecule has 17 heavy (non-hydrogen) atoms. The van der Waals surface area contributed by atoms with Gasteiger partial charge in [-0.15, -0.1) is 0 Å². The highest BCUT2D eigenvalue weighted by atomic mass is 16.2. The maximum Gasteiger partial charge on any atom is 0.317 e. The van der Waals surface area contributed by atoms with Crippen LogP contribution in [0, 0.1) is 0 Å². The number of piperazine rings is 1. The van der Waals surface area contributed by atoms with Crippen LogP contribution in [0.5, 0.6) is 0 Å². The molecule has 0 spiro atoms. The van der Waals surface area contributed by atoms with Gasteiger partial charge in [0.1, 0.15) is 0 Å². The lowest BCUT2D eigenvalue weighted by atomic mass is 10.1. The molecule has 1 fully saturated rings. The zero-order valence-electron chi connectivity index (χ0n) is 11.1. The van der Waals surface area contributed by atoms with Gasteiger partial charge in [0.2, 0.25) is 0 Å². The number of hydrogen-bond donors (Lipinski definition) is 2. The average molecular weight is 241 g/mol. The number of unbranched alkanes of at least 4 members (excludes halogenated alkanes) is 5. The maximum atomic E-state index is 11.7. The number of carbonyl (C=O) groups excluding carboxylic acids is 1. The first kappa shape index (κ1) is 14.3. The highest BCUT2D eigenvalue weighted by molar-refractivity contribution is 5.74. The monoisotopic (exact) mass is 241 g/mol. The molecule has 1 aliphatic heterocycles. The summed E-state index contributed by atoms with van der Waals surface area (Å²) in [5.74, 6) is 0. The fourth-order valence-corrected chi connectivity index (χ4v) is 2.08. The summed E-state index contributed by atoms with van der Waals surface area (Å²) in [5, 5.41) is 6.25. The third kappa shape index (κ3) is 6.51. The van der Waals surface area contributed by atoms with Crippen molar-refractivity contribution in [3.63, 3.8) is 0 Å². The molecule has 0 bridgehead atoms. The van der Waals surface area contributed by atoms with Crippen LogP contribution in [0.25, 0.3) is 0 Å².